The fourth-order valence-electron chi connectivity index (χ4n) is 2.95. The van der Waals surface area contributed by atoms with Gasteiger partial charge in [-0.05, 0) is 36.4 Å². The van der Waals surface area contributed by atoms with E-state index in [9.17, 15) is 13.6 Å². The highest BCUT2D eigenvalue weighted by molar-refractivity contribution is 7.13. The lowest BCUT2D eigenvalue weighted by Gasteiger charge is -2.13. The summed E-state index contributed by atoms with van der Waals surface area (Å²) in [6, 6.07) is 14.3. The van der Waals surface area contributed by atoms with E-state index in [1.807, 2.05) is 6.07 Å². The topological polar surface area (TPSA) is 55.6 Å². The molecule has 0 aliphatic heterocycles. The van der Waals surface area contributed by atoms with Crippen LogP contribution in [0.2, 0.25) is 0 Å². The van der Waals surface area contributed by atoms with E-state index >= 15 is 0 Å². The van der Waals surface area contributed by atoms with Crippen LogP contribution in [0.4, 0.5) is 8.78 Å². The first-order valence-corrected chi connectivity index (χ1v) is 10.3. The number of hydrogen-bond donors (Lipinski definition) is 0. The van der Waals surface area contributed by atoms with Gasteiger partial charge in [-0.2, -0.15) is 0 Å². The van der Waals surface area contributed by atoms with E-state index in [4.69, 9.17) is 9.15 Å². The van der Waals surface area contributed by atoms with E-state index in [2.05, 4.69) is 4.98 Å². The zero-order valence-electron chi connectivity index (χ0n) is 16.5. The van der Waals surface area contributed by atoms with Crippen LogP contribution < -0.4 is 4.74 Å². The summed E-state index contributed by atoms with van der Waals surface area (Å²) in [4.78, 5) is 18.6. The average molecular weight is 440 g/mol. The molecule has 0 saturated carbocycles. The van der Waals surface area contributed by atoms with Gasteiger partial charge >= 0.3 is 0 Å². The Labute approximate surface area is 181 Å². The Kier molecular flexibility index (Phi) is 6.08. The monoisotopic (exact) mass is 440 g/mol. The number of aromatic nitrogens is 1. The highest BCUT2D eigenvalue weighted by Gasteiger charge is 2.17. The van der Waals surface area contributed by atoms with Crippen LogP contribution in [0.5, 0.6) is 5.75 Å². The molecular weight excluding hydrogens is 422 g/mol. The van der Waals surface area contributed by atoms with Crippen molar-refractivity contribution in [3.05, 3.63) is 94.9 Å². The van der Waals surface area contributed by atoms with Gasteiger partial charge in [-0.25, -0.2) is 13.8 Å². The van der Waals surface area contributed by atoms with E-state index in [0.717, 1.165) is 5.56 Å². The number of hydrogen-bond acceptors (Lipinski definition) is 5. The van der Waals surface area contributed by atoms with Crippen LogP contribution in [0.25, 0.3) is 10.6 Å². The van der Waals surface area contributed by atoms with Crippen molar-refractivity contribution in [2.75, 3.05) is 7.05 Å². The normalized spacial score (nSPS) is 10.8. The lowest BCUT2D eigenvalue weighted by atomic mass is 10.2. The number of nitrogens with zero attached hydrogens (tertiary/aromatic N) is 2. The molecular formula is C23H18F2N2O3S. The standard InChI is InChI=1S/C23H18F2N2O3S/c1-27(12-17-7-4-10-29-17)23(28)21-14-31-22(26-21)15-5-2-6-16(11-15)30-13-18-19(24)8-3-9-20(18)25/h2-11,14H,12-13H2,1H3. The zero-order valence-corrected chi connectivity index (χ0v) is 17.4. The van der Waals surface area contributed by atoms with Gasteiger partial charge in [-0.3, -0.25) is 4.79 Å². The molecule has 1 amide bonds. The van der Waals surface area contributed by atoms with Gasteiger partial charge in [0.05, 0.1) is 18.4 Å². The Bertz CT molecular complexity index is 1170. The fourth-order valence-corrected chi connectivity index (χ4v) is 3.74. The molecule has 2 heterocycles. The zero-order chi connectivity index (χ0) is 21.8. The van der Waals surface area contributed by atoms with Gasteiger partial charge in [0.2, 0.25) is 0 Å². The summed E-state index contributed by atoms with van der Waals surface area (Å²) in [5.74, 6) is -0.405. The van der Waals surface area contributed by atoms with Crippen LogP contribution in [0, 0.1) is 11.6 Å². The van der Waals surface area contributed by atoms with Crippen LogP contribution >= 0.6 is 11.3 Å². The number of ether oxygens (including phenoxy) is 1. The van der Waals surface area contributed by atoms with Gasteiger partial charge in [0.1, 0.15) is 40.5 Å². The maximum atomic E-state index is 13.8. The third-order valence-electron chi connectivity index (χ3n) is 4.57. The summed E-state index contributed by atoms with van der Waals surface area (Å²) in [7, 11) is 1.68. The van der Waals surface area contributed by atoms with Gasteiger partial charge < -0.3 is 14.1 Å². The molecule has 4 aromatic rings. The number of rotatable bonds is 7. The second kappa shape index (κ2) is 9.09. The first-order chi connectivity index (χ1) is 15.0. The fraction of sp³-hybridized carbons (Fsp3) is 0.130. The quantitative estimate of drug-likeness (QED) is 0.379. The SMILES string of the molecule is CN(Cc1ccco1)C(=O)c1csc(-c2cccc(OCc3c(F)cccc3F)c2)n1. The molecule has 0 spiro atoms. The van der Waals surface area contributed by atoms with Gasteiger partial charge in [0.15, 0.2) is 0 Å². The predicted octanol–water partition coefficient (Wildman–Crippen LogP) is 5.53. The molecule has 8 heteroatoms. The van der Waals surface area contributed by atoms with Crippen LogP contribution in [0.15, 0.2) is 70.7 Å². The lowest BCUT2D eigenvalue weighted by molar-refractivity contribution is 0.0770. The number of benzene rings is 2. The number of halogens is 2. The average Bonchev–Trinajstić information content (AvgIpc) is 3.45. The Morgan fingerprint density at radius 1 is 1.13 bits per heavy atom. The van der Waals surface area contributed by atoms with E-state index in [1.54, 1.807) is 49.0 Å². The molecule has 0 unspecified atom stereocenters. The number of thiazole rings is 1. The maximum Gasteiger partial charge on any atom is 0.273 e. The van der Waals surface area contributed by atoms with Gasteiger partial charge in [-0.15, -0.1) is 11.3 Å². The Morgan fingerprint density at radius 3 is 2.65 bits per heavy atom. The number of carbonyl (C=O) groups excluding carboxylic acids is 1. The first kappa shape index (κ1) is 20.7. The minimum absolute atomic E-state index is 0.130. The number of carbonyl (C=O) groups is 1. The van der Waals surface area contributed by atoms with Crippen molar-refractivity contribution in [3.63, 3.8) is 0 Å². The summed E-state index contributed by atoms with van der Waals surface area (Å²) in [6.45, 7) is 0.107. The third-order valence-corrected chi connectivity index (χ3v) is 5.46. The second-order valence-corrected chi connectivity index (χ2v) is 7.65. The predicted molar refractivity (Wildman–Crippen MR) is 113 cm³/mol. The summed E-state index contributed by atoms with van der Waals surface area (Å²) in [5, 5.41) is 2.33. The molecule has 31 heavy (non-hydrogen) atoms. The summed E-state index contributed by atoms with van der Waals surface area (Å²) in [6.07, 6.45) is 1.56. The molecule has 0 aliphatic carbocycles. The molecule has 2 aromatic heterocycles. The Balaban J connectivity index is 1.46. The van der Waals surface area contributed by atoms with Crippen molar-refractivity contribution >= 4 is 17.2 Å². The molecule has 0 atom stereocenters. The lowest BCUT2D eigenvalue weighted by Crippen LogP contribution is -2.26. The summed E-state index contributed by atoms with van der Waals surface area (Å²) < 4.78 is 38.4. The molecule has 5 nitrogen and oxygen atoms in total. The third kappa shape index (κ3) is 4.80. The minimum Gasteiger partial charge on any atom is -0.489 e. The second-order valence-electron chi connectivity index (χ2n) is 6.80. The van der Waals surface area contributed by atoms with E-state index < -0.39 is 11.6 Å². The molecule has 0 fully saturated rings. The van der Waals surface area contributed by atoms with Crippen molar-refractivity contribution < 1.29 is 22.7 Å². The maximum absolute atomic E-state index is 13.8. The van der Waals surface area contributed by atoms with Gasteiger partial charge in [0.25, 0.3) is 5.91 Å². The van der Waals surface area contributed by atoms with Gasteiger partial charge in [-0.1, -0.05) is 18.2 Å². The Hall–Kier alpha value is -3.52. The smallest absolute Gasteiger partial charge is 0.273 e. The van der Waals surface area contributed by atoms with Gasteiger partial charge in [0, 0.05) is 18.0 Å². The van der Waals surface area contributed by atoms with E-state index in [-0.39, 0.29) is 18.1 Å². The summed E-state index contributed by atoms with van der Waals surface area (Å²) in [5.41, 5.74) is 0.938. The molecule has 0 bridgehead atoms. The highest BCUT2D eigenvalue weighted by Crippen LogP contribution is 2.28. The molecule has 0 N–H and O–H groups in total. The van der Waals surface area contributed by atoms with Crippen molar-refractivity contribution in [1.82, 2.24) is 9.88 Å². The van der Waals surface area contributed by atoms with Crippen molar-refractivity contribution in [2.24, 2.45) is 0 Å². The van der Waals surface area contributed by atoms with Crippen LogP contribution in [-0.4, -0.2) is 22.8 Å². The van der Waals surface area contributed by atoms with Crippen LogP contribution in [0.3, 0.4) is 0 Å². The van der Waals surface area contributed by atoms with Crippen LogP contribution in [0.1, 0.15) is 21.8 Å². The van der Waals surface area contributed by atoms with Crippen molar-refractivity contribution in [1.29, 1.82) is 0 Å². The Morgan fingerprint density at radius 2 is 1.90 bits per heavy atom. The molecule has 4 rings (SSSR count). The molecule has 2 aromatic carbocycles. The molecule has 0 radical (unpaired) electrons. The summed E-state index contributed by atoms with van der Waals surface area (Å²) >= 11 is 1.33. The highest BCUT2D eigenvalue weighted by atomic mass is 32.1. The van der Waals surface area contributed by atoms with Crippen molar-refractivity contribution in [3.8, 4) is 16.3 Å². The van der Waals surface area contributed by atoms with Crippen LogP contribution in [-0.2, 0) is 13.2 Å². The minimum atomic E-state index is -0.655. The van der Waals surface area contributed by atoms with E-state index in [1.165, 1.54) is 34.4 Å². The number of amides is 1. The number of furan rings is 1. The van der Waals surface area contributed by atoms with Crippen molar-refractivity contribution in [2.45, 2.75) is 13.2 Å². The largest absolute Gasteiger partial charge is 0.489 e. The first-order valence-electron chi connectivity index (χ1n) is 9.41. The molecule has 0 saturated heterocycles. The molecule has 0 aliphatic rings. The van der Waals surface area contributed by atoms with E-state index in [0.29, 0.717) is 28.8 Å². The molecule has 158 valence electrons.